The lowest BCUT2D eigenvalue weighted by molar-refractivity contribution is -0.143. The van der Waals surface area contributed by atoms with E-state index in [0.29, 0.717) is 25.9 Å². The summed E-state index contributed by atoms with van der Waals surface area (Å²) in [5.74, 6) is -0.0241. The number of hydrogen-bond donors (Lipinski definition) is 3. The first-order chi connectivity index (χ1) is 31.5. The fourth-order valence-corrected chi connectivity index (χ4v) is 9.41. The Bertz CT molecular complexity index is 913. The van der Waals surface area contributed by atoms with E-state index < -0.39 is 12.1 Å². The Labute approximate surface area is 400 Å². The van der Waals surface area contributed by atoms with Gasteiger partial charge in [0, 0.05) is 12.8 Å². The average molecular weight is 907 g/mol. The number of amides is 1. The highest BCUT2D eigenvalue weighted by Crippen LogP contribution is 2.18. The second kappa shape index (κ2) is 54.5. The van der Waals surface area contributed by atoms with Gasteiger partial charge in [-0.3, -0.25) is 9.59 Å². The fraction of sp³-hybridized carbons (Fsp3) is 0.966. The molecule has 2 unspecified atom stereocenters. The molecule has 6 heteroatoms. The minimum absolute atomic E-state index is 0.0107. The van der Waals surface area contributed by atoms with Gasteiger partial charge < -0.3 is 20.3 Å². The summed E-state index contributed by atoms with van der Waals surface area (Å²) in [4.78, 5) is 24.5. The van der Waals surface area contributed by atoms with Gasteiger partial charge in [-0.1, -0.05) is 296 Å². The van der Waals surface area contributed by atoms with Crippen molar-refractivity contribution in [2.24, 2.45) is 0 Å². The van der Waals surface area contributed by atoms with E-state index in [1.165, 1.54) is 263 Å². The molecule has 64 heavy (non-hydrogen) atoms. The summed E-state index contributed by atoms with van der Waals surface area (Å²) in [6, 6.07) is -0.542. The standard InChI is InChI=1S/C58H115NO5/c1-3-5-7-9-11-13-15-17-18-24-27-30-34-38-42-46-50-56(61)55(54-60)59-57(62)51-47-43-39-35-31-28-25-22-20-19-21-23-26-29-33-37-41-45-49-53-64-58(63)52-48-44-40-36-32-16-14-12-10-8-6-4-2/h55-56,60-61H,3-54H2,1-2H3,(H,59,62). The van der Waals surface area contributed by atoms with Crippen molar-refractivity contribution in [3.63, 3.8) is 0 Å². The molecule has 0 heterocycles. The Morgan fingerprint density at radius 2 is 0.641 bits per heavy atom. The topological polar surface area (TPSA) is 95.9 Å². The Morgan fingerprint density at radius 3 is 0.953 bits per heavy atom. The molecule has 0 saturated carbocycles. The van der Waals surface area contributed by atoms with Gasteiger partial charge in [-0.05, 0) is 25.7 Å². The van der Waals surface area contributed by atoms with E-state index in [0.717, 1.165) is 38.5 Å². The zero-order chi connectivity index (χ0) is 46.5. The minimum Gasteiger partial charge on any atom is -0.466 e. The number of carbonyl (C=O) groups is 2. The molecular weight excluding hydrogens is 791 g/mol. The maximum atomic E-state index is 12.5. The number of carbonyl (C=O) groups excluding carboxylic acids is 2. The molecule has 1 amide bonds. The fourth-order valence-electron chi connectivity index (χ4n) is 9.41. The highest BCUT2D eigenvalue weighted by Gasteiger charge is 2.20. The third-order valence-corrected chi connectivity index (χ3v) is 13.9. The zero-order valence-corrected chi connectivity index (χ0v) is 43.5. The molecule has 3 N–H and O–H groups in total. The average Bonchev–Trinajstić information content (AvgIpc) is 3.29. The number of esters is 1. The zero-order valence-electron chi connectivity index (χ0n) is 43.5. The van der Waals surface area contributed by atoms with Crippen molar-refractivity contribution >= 4 is 11.9 Å². The van der Waals surface area contributed by atoms with Gasteiger partial charge in [0.15, 0.2) is 0 Å². The highest BCUT2D eigenvalue weighted by molar-refractivity contribution is 5.76. The SMILES string of the molecule is CCCCCCCCCCCCCCCCCCC(O)C(CO)NC(=O)CCCCCCCCCCCCCCCCCCCCCOC(=O)CCCCCCCCCCCCCC. The van der Waals surface area contributed by atoms with Crippen molar-refractivity contribution in [1.82, 2.24) is 5.32 Å². The predicted octanol–water partition coefficient (Wildman–Crippen LogP) is 17.9. The molecule has 0 saturated heterocycles. The van der Waals surface area contributed by atoms with E-state index >= 15 is 0 Å². The first kappa shape index (κ1) is 62.9. The monoisotopic (exact) mass is 906 g/mol. The van der Waals surface area contributed by atoms with E-state index in [4.69, 9.17) is 4.74 Å². The summed E-state index contributed by atoms with van der Waals surface area (Å²) < 4.78 is 5.47. The normalized spacial score (nSPS) is 12.5. The molecule has 0 aromatic carbocycles. The number of aliphatic hydroxyl groups is 2. The molecule has 0 bridgehead atoms. The van der Waals surface area contributed by atoms with Gasteiger partial charge in [0.25, 0.3) is 0 Å². The Morgan fingerprint density at radius 1 is 0.375 bits per heavy atom. The molecule has 0 spiro atoms. The van der Waals surface area contributed by atoms with E-state index in [1.807, 2.05) is 0 Å². The second-order valence-corrected chi connectivity index (χ2v) is 20.3. The van der Waals surface area contributed by atoms with Crippen molar-refractivity contribution in [1.29, 1.82) is 0 Å². The van der Waals surface area contributed by atoms with Crippen LogP contribution in [0.5, 0.6) is 0 Å². The van der Waals surface area contributed by atoms with Crippen LogP contribution in [-0.4, -0.2) is 47.4 Å². The Kier molecular flexibility index (Phi) is 53.5. The molecule has 0 aliphatic heterocycles. The molecule has 0 aliphatic rings. The minimum atomic E-state index is -0.665. The van der Waals surface area contributed by atoms with E-state index in [1.54, 1.807) is 0 Å². The molecular formula is C58H115NO5. The van der Waals surface area contributed by atoms with Crippen LogP contribution < -0.4 is 5.32 Å². The summed E-state index contributed by atoms with van der Waals surface area (Å²) in [5, 5.41) is 23.3. The van der Waals surface area contributed by atoms with Crippen LogP contribution in [0.25, 0.3) is 0 Å². The van der Waals surface area contributed by atoms with Gasteiger partial charge in [0.1, 0.15) is 0 Å². The van der Waals surface area contributed by atoms with Crippen molar-refractivity contribution in [3.8, 4) is 0 Å². The second-order valence-electron chi connectivity index (χ2n) is 20.3. The lowest BCUT2D eigenvalue weighted by atomic mass is 10.0. The number of nitrogens with one attached hydrogen (secondary N) is 1. The van der Waals surface area contributed by atoms with Crippen molar-refractivity contribution in [2.45, 2.75) is 347 Å². The van der Waals surface area contributed by atoms with Crippen LogP contribution in [-0.2, 0) is 14.3 Å². The van der Waals surface area contributed by atoms with Gasteiger partial charge in [-0.25, -0.2) is 0 Å². The van der Waals surface area contributed by atoms with Crippen molar-refractivity contribution in [2.75, 3.05) is 13.2 Å². The summed E-state index contributed by atoms with van der Waals surface area (Å²) >= 11 is 0. The van der Waals surface area contributed by atoms with Gasteiger partial charge in [0.05, 0.1) is 25.4 Å². The highest BCUT2D eigenvalue weighted by atomic mass is 16.5. The van der Waals surface area contributed by atoms with E-state index in [9.17, 15) is 19.8 Å². The summed E-state index contributed by atoms with van der Waals surface area (Å²) in [6.07, 6.45) is 62.3. The molecule has 2 atom stereocenters. The van der Waals surface area contributed by atoms with Crippen LogP contribution in [0.2, 0.25) is 0 Å². The first-order valence-corrected chi connectivity index (χ1v) is 29.3. The molecule has 0 fully saturated rings. The summed E-state index contributed by atoms with van der Waals surface area (Å²) in [5.41, 5.74) is 0. The first-order valence-electron chi connectivity index (χ1n) is 29.3. The smallest absolute Gasteiger partial charge is 0.305 e. The van der Waals surface area contributed by atoms with Gasteiger partial charge in [-0.2, -0.15) is 0 Å². The van der Waals surface area contributed by atoms with Crippen LogP contribution in [0, 0.1) is 0 Å². The largest absolute Gasteiger partial charge is 0.466 e. The van der Waals surface area contributed by atoms with E-state index in [2.05, 4.69) is 19.2 Å². The van der Waals surface area contributed by atoms with Gasteiger partial charge in [0.2, 0.25) is 5.91 Å². The van der Waals surface area contributed by atoms with Crippen molar-refractivity contribution in [3.05, 3.63) is 0 Å². The van der Waals surface area contributed by atoms with Crippen LogP contribution in [0.1, 0.15) is 335 Å². The maximum Gasteiger partial charge on any atom is 0.305 e. The Hall–Kier alpha value is -1.14. The molecule has 382 valence electrons. The predicted molar refractivity (Wildman–Crippen MR) is 278 cm³/mol. The van der Waals surface area contributed by atoms with Gasteiger partial charge in [-0.15, -0.1) is 0 Å². The molecule has 0 rings (SSSR count). The van der Waals surface area contributed by atoms with Crippen LogP contribution in [0.3, 0.4) is 0 Å². The van der Waals surface area contributed by atoms with Crippen molar-refractivity contribution < 1.29 is 24.5 Å². The maximum absolute atomic E-state index is 12.5. The van der Waals surface area contributed by atoms with Crippen LogP contribution >= 0.6 is 0 Å². The number of rotatable bonds is 55. The molecule has 6 nitrogen and oxygen atoms in total. The van der Waals surface area contributed by atoms with E-state index in [-0.39, 0.29) is 18.5 Å². The quantitative estimate of drug-likeness (QED) is 0.0417. The molecule has 0 aromatic heterocycles. The Balaban J connectivity index is 3.39. The lowest BCUT2D eigenvalue weighted by Gasteiger charge is -2.22. The molecule has 0 aliphatic carbocycles. The molecule has 0 aromatic rings. The van der Waals surface area contributed by atoms with Crippen LogP contribution in [0.15, 0.2) is 0 Å². The summed E-state index contributed by atoms with van der Waals surface area (Å²) in [6.45, 7) is 4.97. The number of aliphatic hydroxyl groups excluding tert-OH is 2. The number of hydrogen-bond acceptors (Lipinski definition) is 5. The van der Waals surface area contributed by atoms with Gasteiger partial charge >= 0.3 is 5.97 Å². The van der Waals surface area contributed by atoms with Crippen LogP contribution in [0.4, 0.5) is 0 Å². The number of unbranched alkanes of at least 4 members (excludes halogenated alkanes) is 44. The summed E-state index contributed by atoms with van der Waals surface area (Å²) in [7, 11) is 0. The third-order valence-electron chi connectivity index (χ3n) is 13.9. The number of ether oxygens (including phenoxy) is 1. The molecule has 0 radical (unpaired) electrons. The lowest BCUT2D eigenvalue weighted by Crippen LogP contribution is -2.45. The third kappa shape index (κ3) is 50.3.